The van der Waals surface area contributed by atoms with Crippen molar-refractivity contribution in [2.45, 2.75) is 135 Å². The summed E-state index contributed by atoms with van der Waals surface area (Å²) in [6, 6.07) is 0. The standard InChI is InChI=1S/C47H74NO11P/c1-3-5-7-8-9-10-11-12-13-14-15-16-17-18-19-20-21-26-30-36-46(52)56-40-43(41-58-60(54,55)57-39-38-48)59-47(53)37-31-35-45(51)44(50)34-29-25-23-22-24-28-33-42(49)32-27-6-4-2/h5-7,9-10,12-13,15-16,18-19,22-25,27-29,33-34,42-45,49-51H,3-4,8,11,14,17,20-21,26,30-32,35-41,48H2,1-2H3,(H,54,55)/b7-5-,10-9-,13-12-,16-15-,19-18-,24-22+,25-23-,27-6-,33-28+,34-29-/t42-,43+,44+,45+/m0/s1. The van der Waals surface area contributed by atoms with Gasteiger partial charge in [0.25, 0.3) is 0 Å². The van der Waals surface area contributed by atoms with E-state index in [2.05, 4.69) is 67.7 Å². The van der Waals surface area contributed by atoms with Crippen molar-refractivity contribution in [3.05, 3.63) is 122 Å². The highest BCUT2D eigenvalue weighted by molar-refractivity contribution is 7.47. The van der Waals surface area contributed by atoms with E-state index in [9.17, 15) is 34.4 Å². The lowest BCUT2D eigenvalue weighted by Crippen LogP contribution is -2.30. The first-order valence-electron chi connectivity index (χ1n) is 21.3. The molecule has 0 aliphatic heterocycles. The summed E-state index contributed by atoms with van der Waals surface area (Å²) in [5, 5.41) is 30.4. The van der Waals surface area contributed by atoms with E-state index < -0.39 is 57.4 Å². The van der Waals surface area contributed by atoms with Gasteiger partial charge in [-0.1, -0.05) is 142 Å². The topological polar surface area (TPSA) is 195 Å². The molecule has 0 rings (SSSR count). The van der Waals surface area contributed by atoms with Crippen molar-refractivity contribution in [2.75, 3.05) is 26.4 Å². The number of unbranched alkanes of at least 4 members (excludes halogenated alkanes) is 3. The van der Waals surface area contributed by atoms with E-state index >= 15 is 0 Å². The maximum atomic E-state index is 12.6. The van der Waals surface area contributed by atoms with Crippen molar-refractivity contribution in [3.8, 4) is 0 Å². The molecule has 5 atom stereocenters. The van der Waals surface area contributed by atoms with Crippen molar-refractivity contribution in [1.82, 2.24) is 0 Å². The van der Waals surface area contributed by atoms with Gasteiger partial charge in [-0.2, -0.15) is 0 Å². The second-order valence-electron chi connectivity index (χ2n) is 13.7. The number of hydrogen-bond acceptors (Lipinski definition) is 11. The van der Waals surface area contributed by atoms with E-state index in [1.807, 2.05) is 19.1 Å². The molecule has 0 heterocycles. The molecule has 6 N–H and O–H groups in total. The van der Waals surface area contributed by atoms with E-state index in [1.165, 1.54) is 6.08 Å². The molecule has 12 nitrogen and oxygen atoms in total. The summed E-state index contributed by atoms with van der Waals surface area (Å²) in [6.07, 6.45) is 44.6. The number of hydrogen-bond donors (Lipinski definition) is 5. The molecule has 0 bridgehead atoms. The Morgan fingerprint density at radius 3 is 1.80 bits per heavy atom. The van der Waals surface area contributed by atoms with Crippen LogP contribution in [0.5, 0.6) is 0 Å². The predicted molar refractivity (Wildman–Crippen MR) is 242 cm³/mol. The molecule has 0 aromatic rings. The van der Waals surface area contributed by atoms with E-state index in [0.717, 1.165) is 57.8 Å². The van der Waals surface area contributed by atoms with E-state index in [4.69, 9.17) is 24.3 Å². The molecule has 0 spiro atoms. The molecule has 0 aromatic heterocycles. The van der Waals surface area contributed by atoms with Crippen molar-refractivity contribution in [3.63, 3.8) is 0 Å². The molecule has 0 aliphatic carbocycles. The minimum absolute atomic E-state index is 0.0152. The third kappa shape index (κ3) is 38.5. The summed E-state index contributed by atoms with van der Waals surface area (Å²) in [6.45, 7) is 2.94. The van der Waals surface area contributed by atoms with Crippen LogP contribution in [0.25, 0.3) is 0 Å². The van der Waals surface area contributed by atoms with Crippen LogP contribution >= 0.6 is 7.82 Å². The SMILES string of the molecule is CC/C=C\C/C=C\C/C=C\C/C=C\C/C=C\CCCCCC(=O)OC[C@H](COP(=O)(O)OCCN)OC(=O)CCC[C@@H](O)[C@H](O)\C=C/C=C\C=C\C=C\[C@@H](O)C/C=C\CC. The van der Waals surface area contributed by atoms with Gasteiger partial charge >= 0.3 is 19.8 Å². The molecule has 0 fully saturated rings. The number of nitrogens with two attached hydrogens (primary N) is 1. The van der Waals surface area contributed by atoms with Crippen LogP contribution in [0.15, 0.2) is 122 Å². The van der Waals surface area contributed by atoms with Gasteiger partial charge in [-0.15, -0.1) is 0 Å². The van der Waals surface area contributed by atoms with E-state index in [1.54, 1.807) is 42.5 Å². The van der Waals surface area contributed by atoms with Crippen LogP contribution in [-0.4, -0.2) is 82.9 Å². The molecule has 0 saturated heterocycles. The molecule has 60 heavy (non-hydrogen) atoms. The average Bonchev–Trinajstić information content (AvgIpc) is 3.22. The van der Waals surface area contributed by atoms with Gasteiger partial charge in [-0.3, -0.25) is 18.6 Å². The Balaban J connectivity index is 4.58. The van der Waals surface area contributed by atoms with E-state index in [-0.39, 0.29) is 38.8 Å². The number of allylic oxidation sites excluding steroid dienone is 17. The predicted octanol–water partition coefficient (Wildman–Crippen LogP) is 9.07. The molecule has 0 amide bonds. The first-order valence-corrected chi connectivity index (χ1v) is 22.8. The number of rotatable bonds is 37. The van der Waals surface area contributed by atoms with Gasteiger partial charge in [-0.05, 0) is 77.0 Å². The quantitative estimate of drug-likeness (QED) is 0.0131. The summed E-state index contributed by atoms with van der Waals surface area (Å²) in [7, 11) is -4.49. The van der Waals surface area contributed by atoms with Gasteiger partial charge in [0, 0.05) is 19.4 Å². The summed E-state index contributed by atoms with van der Waals surface area (Å²) < 4.78 is 32.5. The van der Waals surface area contributed by atoms with Gasteiger partial charge in [-0.25, -0.2) is 4.57 Å². The zero-order valence-electron chi connectivity index (χ0n) is 36.0. The van der Waals surface area contributed by atoms with Crippen molar-refractivity contribution in [1.29, 1.82) is 0 Å². The largest absolute Gasteiger partial charge is 0.472 e. The molecule has 13 heteroatoms. The number of esters is 2. The highest BCUT2D eigenvalue weighted by Gasteiger charge is 2.26. The second kappa shape index (κ2) is 40.7. The van der Waals surface area contributed by atoms with Gasteiger partial charge in [0.1, 0.15) is 6.61 Å². The van der Waals surface area contributed by atoms with Crippen LogP contribution in [0.3, 0.4) is 0 Å². The van der Waals surface area contributed by atoms with Crippen LogP contribution < -0.4 is 5.73 Å². The maximum absolute atomic E-state index is 12.6. The monoisotopic (exact) mass is 859 g/mol. The summed E-state index contributed by atoms with van der Waals surface area (Å²) >= 11 is 0. The van der Waals surface area contributed by atoms with Gasteiger partial charge in [0.05, 0.1) is 31.5 Å². The van der Waals surface area contributed by atoms with Gasteiger partial charge < -0.3 is 35.4 Å². The molecule has 1 unspecified atom stereocenters. The lowest BCUT2D eigenvalue weighted by molar-refractivity contribution is -0.161. The summed E-state index contributed by atoms with van der Waals surface area (Å²) in [5.74, 6) is -1.22. The molecule has 338 valence electrons. The van der Waals surface area contributed by atoms with Gasteiger partial charge in [0.2, 0.25) is 0 Å². The Labute approximate surface area is 359 Å². The number of phosphoric ester groups is 1. The molecule has 0 saturated carbocycles. The zero-order chi connectivity index (χ0) is 44.4. The number of carbonyl (C=O) groups excluding carboxylic acids is 2. The Morgan fingerprint density at radius 2 is 1.18 bits per heavy atom. The summed E-state index contributed by atoms with van der Waals surface area (Å²) in [4.78, 5) is 34.9. The third-order valence-electron chi connectivity index (χ3n) is 8.19. The minimum Gasteiger partial charge on any atom is -0.462 e. The van der Waals surface area contributed by atoms with Crippen molar-refractivity contribution in [2.24, 2.45) is 5.73 Å². The minimum atomic E-state index is -4.49. The fourth-order valence-corrected chi connectivity index (χ4v) is 5.71. The number of carbonyl (C=O) groups is 2. The smallest absolute Gasteiger partial charge is 0.462 e. The highest BCUT2D eigenvalue weighted by Crippen LogP contribution is 2.43. The number of ether oxygens (including phenoxy) is 2. The van der Waals surface area contributed by atoms with E-state index in [0.29, 0.717) is 12.8 Å². The molecule has 0 aliphatic rings. The molecule has 0 aromatic carbocycles. The number of aliphatic hydroxyl groups excluding tert-OH is 3. The maximum Gasteiger partial charge on any atom is 0.472 e. The van der Waals surface area contributed by atoms with Crippen molar-refractivity contribution < 1.29 is 52.9 Å². The zero-order valence-corrected chi connectivity index (χ0v) is 36.9. The fourth-order valence-electron chi connectivity index (χ4n) is 4.94. The molecular weight excluding hydrogens is 785 g/mol. The average molecular weight is 860 g/mol. The number of aliphatic hydroxyl groups is 3. The lowest BCUT2D eigenvalue weighted by atomic mass is 10.1. The van der Waals surface area contributed by atoms with Crippen LogP contribution in [0.2, 0.25) is 0 Å². The molecular formula is C47H74NO11P. The molecule has 0 radical (unpaired) electrons. The van der Waals surface area contributed by atoms with Crippen LogP contribution in [0.4, 0.5) is 0 Å². The Kier molecular flexibility index (Phi) is 38.2. The normalized spacial score (nSPS) is 16.1. The van der Waals surface area contributed by atoms with Crippen LogP contribution in [-0.2, 0) is 32.7 Å². The number of phosphoric acid groups is 1. The summed E-state index contributed by atoms with van der Waals surface area (Å²) in [5.41, 5.74) is 5.32. The first kappa shape index (κ1) is 56.3. The fraction of sp³-hybridized carbons (Fsp3) is 0.532. The Hall–Kier alpha value is -3.71. The second-order valence-corrected chi connectivity index (χ2v) is 15.1. The van der Waals surface area contributed by atoms with Gasteiger partial charge in [0.15, 0.2) is 6.10 Å². The highest BCUT2D eigenvalue weighted by atomic mass is 31.2. The first-order chi connectivity index (χ1) is 29.0. The van der Waals surface area contributed by atoms with Crippen molar-refractivity contribution >= 4 is 19.8 Å². The Morgan fingerprint density at radius 1 is 0.633 bits per heavy atom. The Bertz CT molecular complexity index is 1440. The third-order valence-corrected chi connectivity index (χ3v) is 9.17. The lowest BCUT2D eigenvalue weighted by Gasteiger charge is -2.20. The van der Waals surface area contributed by atoms with Crippen LogP contribution in [0.1, 0.15) is 110 Å². The van der Waals surface area contributed by atoms with Crippen LogP contribution in [0, 0.1) is 0 Å².